The van der Waals surface area contributed by atoms with E-state index in [4.69, 9.17) is 5.11 Å². The number of carboxylic acids is 1. The smallest absolute Gasteiger partial charge is 0.305 e. The fraction of sp³-hybridized carbons (Fsp3) is 0.429. The fourth-order valence-corrected chi connectivity index (χ4v) is 1.74. The molecule has 1 aromatic carbocycles. The van der Waals surface area contributed by atoms with Crippen LogP contribution in [0.2, 0.25) is 0 Å². The van der Waals surface area contributed by atoms with Crippen molar-refractivity contribution in [1.29, 1.82) is 0 Å². The van der Waals surface area contributed by atoms with E-state index in [1.807, 2.05) is 32.0 Å². The number of carbonyl (C=O) groups excluding carboxylic acids is 1. The molecule has 0 aliphatic heterocycles. The zero-order valence-corrected chi connectivity index (χ0v) is 11.0. The molecule has 0 radical (unpaired) electrons. The Morgan fingerprint density at radius 3 is 2.50 bits per heavy atom. The first-order chi connectivity index (χ1) is 8.38. The summed E-state index contributed by atoms with van der Waals surface area (Å²) in [5, 5.41) is 11.3. The Balaban J connectivity index is 2.54. The Morgan fingerprint density at radius 1 is 1.28 bits per heavy atom. The van der Waals surface area contributed by atoms with Gasteiger partial charge in [-0.05, 0) is 37.5 Å². The third kappa shape index (κ3) is 4.57. The molecule has 0 saturated heterocycles. The summed E-state index contributed by atoms with van der Waals surface area (Å²) in [4.78, 5) is 22.2. The number of aliphatic carboxylic acids is 1. The summed E-state index contributed by atoms with van der Waals surface area (Å²) in [6, 6.07) is 5.54. The van der Waals surface area contributed by atoms with Crippen LogP contribution in [0.1, 0.15) is 30.0 Å². The molecule has 4 nitrogen and oxygen atoms in total. The predicted molar refractivity (Wildman–Crippen MR) is 69.5 cm³/mol. The van der Waals surface area contributed by atoms with E-state index in [2.05, 4.69) is 5.32 Å². The van der Waals surface area contributed by atoms with Gasteiger partial charge in [-0.1, -0.05) is 18.2 Å². The van der Waals surface area contributed by atoms with E-state index >= 15 is 0 Å². The number of benzene rings is 1. The molecule has 1 unspecified atom stereocenters. The van der Waals surface area contributed by atoms with Gasteiger partial charge >= 0.3 is 5.97 Å². The topological polar surface area (TPSA) is 66.4 Å². The molecule has 4 heteroatoms. The van der Waals surface area contributed by atoms with Gasteiger partial charge in [0.1, 0.15) is 0 Å². The molecule has 0 aliphatic rings. The Kier molecular flexibility index (Phi) is 4.89. The lowest BCUT2D eigenvalue weighted by Gasteiger charge is -2.12. The first-order valence-corrected chi connectivity index (χ1v) is 5.95. The summed E-state index contributed by atoms with van der Waals surface area (Å²) in [7, 11) is 0. The van der Waals surface area contributed by atoms with Crippen molar-refractivity contribution in [2.24, 2.45) is 0 Å². The van der Waals surface area contributed by atoms with Crippen molar-refractivity contribution in [3.05, 3.63) is 34.9 Å². The van der Waals surface area contributed by atoms with Gasteiger partial charge in [-0.25, -0.2) is 0 Å². The summed E-state index contributed by atoms with van der Waals surface area (Å²) in [6.45, 7) is 5.71. The summed E-state index contributed by atoms with van der Waals surface area (Å²) >= 11 is 0. The Morgan fingerprint density at radius 2 is 1.94 bits per heavy atom. The van der Waals surface area contributed by atoms with Crippen LogP contribution in [0.5, 0.6) is 0 Å². The molecule has 0 saturated carbocycles. The molecule has 1 aromatic rings. The number of aryl methyl sites for hydroxylation is 2. The minimum absolute atomic E-state index is 0.0569. The van der Waals surface area contributed by atoms with Crippen LogP contribution in [0.15, 0.2) is 18.2 Å². The van der Waals surface area contributed by atoms with Gasteiger partial charge in [0.2, 0.25) is 5.91 Å². The van der Waals surface area contributed by atoms with Gasteiger partial charge in [-0.15, -0.1) is 0 Å². The van der Waals surface area contributed by atoms with Crippen LogP contribution in [0, 0.1) is 13.8 Å². The Hall–Kier alpha value is -1.84. The quantitative estimate of drug-likeness (QED) is 0.836. The molecule has 18 heavy (non-hydrogen) atoms. The van der Waals surface area contributed by atoms with Gasteiger partial charge in [0, 0.05) is 6.04 Å². The van der Waals surface area contributed by atoms with Crippen LogP contribution < -0.4 is 5.32 Å². The van der Waals surface area contributed by atoms with E-state index in [-0.39, 0.29) is 24.8 Å². The summed E-state index contributed by atoms with van der Waals surface area (Å²) < 4.78 is 0. The Labute approximate surface area is 107 Å². The number of amides is 1. The maximum atomic E-state index is 11.7. The second kappa shape index (κ2) is 6.19. The molecule has 1 amide bonds. The zero-order valence-electron chi connectivity index (χ0n) is 11.0. The van der Waals surface area contributed by atoms with Crippen molar-refractivity contribution in [3.8, 4) is 0 Å². The molecule has 0 fully saturated rings. The molecule has 0 spiro atoms. The van der Waals surface area contributed by atoms with Crippen LogP contribution >= 0.6 is 0 Å². The standard InChI is InChI=1S/C14H19NO3/c1-9-4-5-12(6-10(9)2)8-13(16)15-11(3)7-14(17)18/h4-6,11H,7-8H2,1-3H3,(H,15,16)(H,17,18). The van der Waals surface area contributed by atoms with Gasteiger partial charge in [0.15, 0.2) is 0 Å². The minimum atomic E-state index is -0.908. The van der Waals surface area contributed by atoms with Crippen molar-refractivity contribution < 1.29 is 14.7 Å². The molecule has 0 bridgehead atoms. The highest BCUT2D eigenvalue weighted by Gasteiger charge is 2.11. The summed E-state index contributed by atoms with van der Waals surface area (Å²) in [5.74, 6) is -1.05. The van der Waals surface area contributed by atoms with E-state index in [1.54, 1.807) is 6.92 Å². The molecule has 0 aromatic heterocycles. The van der Waals surface area contributed by atoms with Gasteiger partial charge in [-0.2, -0.15) is 0 Å². The van der Waals surface area contributed by atoms with Gasteiger partial charge < -0.3 is 10.4 Å². The fourth-order valence-electron chi connectivity index (χ4n) is 1.74. The zero-order chi connectivity index (χ0) is 13.7. The maximum absolute atomic E-state index is 11.7. The van der Waals surface area contributed by atoms with Gasteiger partial charge in [0.25, 0.3) is 0 Å². The number of rotatable bonds is 5. The lowest BCUT2D eigenvalue weighted by Crippen LogP contribution is -2.35. The van der Waals surface area contributed by atoms with Crippen molar-refractivity contribution in [2.45, 2.75) is 39.7 Å². The van der Waals surface area contributed by atoms with Crippen molar-refractivity contribution in [1.82, 2.24) is 5.32 Å². The van der Waals surface area contributed by atoms with Crippen LogP contribution in [-0.2, 0) is 16.0 Å². The van der Waals surface area contributed by atoms with Gasteiger partial charge in [0.05, 0.1) is 12.8 Å². The SMILES string of the molecule is Cc1ccc(CC(=O)NC(C)CC(=O)O)cc1C. The first-order valence-electron chi connectivity index (χ1n) is 5.95. The van der Waals surface area contributed by atoms with E-state index in [0.717, 1.165) is 11.1 Å². The second-order valence-electron chi connectivity index (χ2n) is 4.66. The molecule has 2 N–H and O–H groups in total. The lowest BCUT2D eigenvalue weighted by atomic mass is 10.0. The highest BCUT2D eigenvalue weighted by Crippen LogP contribution is 2.10. The highest BCUT2D eigenvalue weighted by atomic mass is 16.4. The number of nitrogens with one attached hydrogen (secondary N) is 1. The lowest BCUT2D eigenvalue weighted by molar-refractivity contribution is -0.137. The number of hydrogen-bond acceptors (Lipinski definition) is 2. The molecule has 1 atom stereocenters. The third-order valence-electron chi connectivity index (χ3n) is 2.82. The summed E-state index contributed by atoms with van der Waals surface area (Å²) in [5.41, 5.74) is 3.29. The number of carboxylic acid groups (broad SMARTS) is 1. The second-order valence-corrected chi connectivity index (χ2v) is 4.66. The van der Waals surface area contributed by atoms with Crippen molar-refractivity contribution in [2.75, 3.05) is 0 Å². The molecule has 0 heterocycles. The van der Waals surface area contributed by atoms with Crippen LogP contribution in [0.3, 0.4) is 0 Å². The average Bonchev–Trinajstić information content (AvgIpc) is 2.21. The van der Waals surface area contributed by atoms with Crippen molar-refractivity contribution >= 4 is 11.9 Å². The number of hydrogen-bond donors (Lipinski definition) is 2. The van der Waals surface area contributed by atoms with E-state index < -0.39 is 5.97 Å². The normalized spacial score (nSPS) is 11.9. The minimum Gasteiger partial charge on any atom is -0.481 e. The molecular weight excluding hydrogens is 230 g/mol. The summed E-state index contributed by atoms with van der Waals surface area (Å²) in [6.07, 6.45) is 0.226. The van der Waals surface area contributed by atoms with E-state index in [9.17, 15) is 9.59 Å². The predicted octanol–water partition coefficient (Wildman–Crippen LogP) is 1.83. The highest BCUT2D eigenvalue weighted by molar-refractivity contribution is 5.79. The van der Waals surface area contributed by atoms with E-state index in [1.165, 1.54) is 5.56 Å². The Bertz CT molecular complexity index is 454. The van der Waals surface area contributed by atoms with Crippen LogP contribution in [0.4, 0.5) is 0 Å². The molecule has 1 rings (SSSR count). The first kappa shape index (κ1) is 14.2. The van der Waals surface area contributed by atoms with Gasteiger partial charge in [-0.3, -0.25) is 9.59 Å². The molecular formula is C14H19NO3. The molecule has 0 aliphatic carbocycles. The van der Waals surface area contributed by atoms with Crippen LogP contribution in [-0.4, -0.2) is 23.0 Å². The number of carbonyl (C=O) groups is 2. The van der Waals surface area contributed by atoms with Crippen LogP contribution in [0.25, 0.3) is 0 Å². The van der Waals surface area contributed by atoms with Crippen molar-refractivity contribution in [3.63, 3.8) is 0 Å². The average molecular weight is 249 g/mol. The van der Waals surface area contributed by atoms with E-state index in [0.29, 0.717) is 0 Å². The molecule has 98 valence electrons. The third-order valence-corrected chi connectivity index (χ3v) is 2.82. The monoisotopic (exact) mass is 249 g/mol. The maximum Gasteiger partial charge on any atom is 0.305 e. The largest absolute Gasteiger partial charge is 0.481 e.